The minimum atomic E-state index is -0.850. The Kier molecular flexibility index (Phi) is 2.47. The van der Waals surface area contributed by atoms with E-state index in [0.29, 0.717) is 0 Å². The zero-order valence-corrected chi connectivity index (χ0v) is 8.29. The van der Waals surface area contributed by atoms with Crippen molar-refractivity contribution in [3.05, 3.63) is 22.7 Å². The molecule has 1 aliphatic carbocycles. The summed E-state index contributed by atoms with van der Waals surface area (Å²) >= 11 is 0. The van der Waals surface area contributed by atoms with Crippen molar-refractivity contribution in [1.29, 1.82) is 0 Å². The van der Waals surface area contributed by atoms with E-state index in [0.717, 1.165) is 0 Å². The molecule has 2 N–H and O–H groups in total. The standard InChI is InChI=1S/C10H12O4/c1-4(2)6-5(3)7(11)9(13)10(14)8(6)12/h4,13-14H,1-3H3. The Morgan fingerprint density at radius 3 is 1.86 bits per heavy atom. The first-order valence-electron chi connectivity index (χ1n) is 4.30. The zero-order valence-electron chi connectivity index (χ0n) is 8.29. The van der Waals surface area contributed by atoms with Crippen LogP contribution in [0.3, 0.4) is 0 Å². The molecule has 0 amide bonds. The van der Waals surface area contributed by atoms with Crippen molar-refractivity contribution >= 4 is 11.6 Å². The normalized spacial score (nSPS) is 18.6. The lowest BCUT2D eigenvalue weighted by Crippen LogP contribution is -2.25. The number of Topliss-reactive ketones (excluding diaryl/α,β-unsaturated/α-hetero) is 2. The predicted molar refractivity (Wildman–Crippen MR) is 49.8 cm³/mol. The van der Waals surface area contributed by atoms with Gasteiger partial charge in [0, 0.05) is 11.1 Å². The summed E-state index contributed by atoms with van der Waals surface area (Å²) in [7, 11) is 0. The number of ketones is 2. The first-order chi connectivity index (χ1) is 6.37. The first-order valence-corrected chi connectivity index (χ1v) is 4.30. The Morgan fingerprint density at radius 1 is 1.00 bits per heavy atom. The number of aliphatic hydroxyl groups excluding tert-OH is 2. The number of carbonyl (C=O) groups excluding carboxylic acids is 2. The van der Waals surface area contributed by atoms with Gasteiger partial charge in [-0.1, -0.05) is 13.8 Å². The first kappa shape index (κ1) is 10.5. The fourth-order valence-corrected chi connectivity index (χ4v) is 1.51. The molecule has 0 fully saturated rings. The van der Waals surface area contributed by atoms with Crippen molar-refractivity contribution in [3.63, 3.8) is 0 Å². The molecule has 4 heteroatoms. The van der Waals surface area contributed by atoms with Crippen molar-refractivity contribution < 1.29 is 19.8 Å². The third-order valence-electron chi connectivity index (χ3n) is 2.22. The van der Waals surface area contributed by atoms with Gasteiger partial charge in [-0.25, -0.2) is 0 Å². The van der Waals surface area contributed by atoms with Crippen LogP contribution in [0.1, 0.15) is 20.8 Å². The van der Waals surface area contributed by atoms with Crippen molar-refractivity contribution in [3.8, 4) is 0 Å². The van der Waals surface area contributed by atoms with E-state index in [9.17, 15) is 14.7 Å². The minimum Gasteiger partial charge on any atom is -0.501 e. The van der Waals surface area contributed by atoms with Gasteiger partial charge in [0.1, 0.15) is 0 Å². The topological polar surface area (TPSA) is 74.6 Å². The average molecular weight is 196 g/mol. The van der Waals surface area contributed by atoms with Gasteiger partial charge in [-0.05, 0) is 12.8 Å². The fourth-order valence-electron chi connectivity index (χ4n) is 1.51. The SMILES string of the molecule is CC1=C(C(C)C)C(=O)C(O)=C(O)C1=O. The summed E-state index contributed by atoms with van der Waals surface area (Å²) in [6.45, 7) is 4.97. The Labute approximate surface area is 81.6 Å². The molecule has 14 heavy (non-hydrogen) atoms. The van der Waals surface area contributed by atoms with Gasteiger partial charge in [0.15, 0.2) is 0 Å². The molecule has 1 aliphatic rings. The highest BCUT2D eigenvalue weighted by atomic mass is 16.3. The number of aliphatic hydroxyl groups is 2. The highest BCUT2D eigenvalue weighted by Crippen LogP contribution is 2.26. The molecule has 0 spiro atoms. The number of hydrogen-bond donors (Lipinski definition) is 2. The summed E-state index contributed by atoms with van der Waals surface area (Å²) in [4.78, 5) is 22.8. The maximum Gasteiger partial charge on any atom is 0.228 e. The average Bonchev–Trinajstić information content (AvgIpc) is 2.11. The van der Waals surface area contributed by atoms with Crippen LogP contribution in [0.2, 0.25) is 0 Å². The lowest BCUT2D eigenvalue weighted by atomic mass is 9.86. The molecule has 0 saturated heterocycles. The molecular weight excluding hydrogens is 184 g/mol. The van der Waals surface area contributed by atoms with Gasteiger partial charge in [-0.2, -0.15) is 0 Å². The zero-order chi connectivity index (χ0) is 11.0. The Morgan fingerprint density at radius 2 is 1.43 bits per heavy atom. The van der Waals surface area contributed by atoms with Crippen molar-refractivity contribution in [1.82, 2.24) is 0 Å². The molecule has 1 rings (SSSR count). The van der Waals surface area contributed by atoms with E-state index in [-0.39, 0.29) is 17.1 Å². The molecule has 76 valence electrons. The van der Waals surface area contributed by atoms with Gasteiger partial charge in [0.25, 0.3) is 0 Å². The van der Waals surface area contributed by atoms with Gasteiger partial charge >= 0.3 is 0 Å². The summed E-state index contributed by atoms with van der Waals surface area (Å²) in [5.41, 5.74) is 0.477. The molecule has 0 saturated carbocycles. The van der Waals surface area contributed by atoms with Gasteiger partial charge in [0.05, 0.1) is 0 Å². The molecule has 0 aromatic carbocycles. The van der Waals surface area contributed by atoms with Gasteiger partial charge in [0.2, 0.25) is 23.1 Å². The van der Waals surface area contributed by atoms with Crippen LogP contribution in [0.25, 0.3) is 0 Å². The van der Waals surface area contributed by atoms with Crippen molar-refractivity contribution in [2.75, 3.05) is 0 Å². The van der Waals surface area contributed by atoms with Crippen molar-refractivity contribution in [2.45, 2.75) is 20.8 Å². The van der Waals surface area contributed by atoms with E-state index in [2.05, 4.69) is 0 Å². The third kappa shape index (κ3) is 1.32. The van der Waals surface area contributed by atoms with Gasteiger partial charge in [-0.15, -0.1) is 0 Å². The Bertz CT molecular complexity index is 372. The molecule has 0 aromatic heterocycles. The lowest BCUT2D eigenvalue weighted by Gasteiger charge is -2.18. The number of carbonyl (C=O) groups is 2. The molecule has 4 nitrogen and oxygen atoms in total. The van der Waals surface area contributed by atoms with Crippen LogP contribution < -0.4 is 0 Å². The summed E-state index contributed by atoms with van der Waals surface area (Å²) in [6, 6.07) is 0. The molecular formula is C10H12O4. The van der Waals surface area contributed by atoms with E-state index in [1.165, 1.54) is 6.92 Å². The number of rotatable bonds is 1. The lowest BCUT2D eigenvalue weighted by molar-refractivity contribution is -0.120. The second-order valence-corrected chi connectivity index (χ2v) is 3.55. The summed E-state index contributed by atoms with van der Waals surface area (Å²) in [5.74, 6) is -3.18. The van der Waals surface area contributed by atoms with Crippen LogP contribution >= 0.6 is 0 Å². The smallest absolute Gasteiger partial charge is 0.228 e. The van der Waals surface area contributed by atoms with E-state index in [1.54, 1.807) is 13.8 Å². The van der Waals surface area contributed by atoms with Crippen LogP contribution in [-0.4, -0.2) is 21.8 Å². The Balaban J connectivity index is 3.34. The van der Waals surface area contributed by atoms with Gasteiger partial charge < -0.3 is 10.2 Å². The van der Waals surface area contributed by atoms with Crippen LogP contribution in [0.4, 0.5) is 0 Å². The van der Waals surface area contributed by atoms with E-state index in [1.807, 2.05) is 0 Å². The fraction of sp³-hybridized carbons (Fsp3) is 0.400. The van der Waals surface area contributed by atoms with Crippen LogP contribution in [0, 0.1) is 5.92 Å². The predicted octanol–water partition coefficient (Wildman–Crippen LogP) is 1.44. The highest BCUT2D eigenvalue weighted by Gasteiger charge is 2.33. The maximum atomic E-state index is 11.5. The molecule has 0 bridgehead atoms. The van der Waals surface area contributed by atoms with Crippen LogP contribution in [-0.2, 0) is 9.59 Å². The van der Waals surface area contributed by atoms with Crippen LogP contribution in [0.5, 0.6) is 0 Å². The second kappa shape index (κ2) is 3.29. The quantitative estimate of drug-likeness (QED) is 0.622. The van der Waals surface area contributed by atoms with Crippen LogP contribution in [0.15, 0.2) is 22.7 Å². The maximum absolute atomic E-state index is 11.5. The monoisotopic (exact) mass is 196 g/mol. The minimum absolute atomic E-state index is 0.151. The molecule has 0 radical (unpaired) electrons. The number of hydrogen-bond acceptors (Lipinski definition) is 4. The largest absolute Gasteiger partial charge is 0.501 e. The third-order valence-corrected chi connectivity index (χ3v) is 2.22. The molecule has 0 heterocycles. The second-order valence-electron chi connectivity index (χ2n) is 3.55. The Hall–Kier alpha value is -1.58. The van der Waals surface area contributed by atoms with Crippen molar-refractivity contribution in [2.24, 2.45) is 5.92 Å². The molecule has 0 unspecified atom stereocenters. The summed E-state index contributed by atoms with van der Waals surface area (Å²) < 4.78 is 0. The molecule has 0 aromatic rings. The van der Waals surface area contributed by atoms with E-state index < -0.39 is 23.1 Å². The van der Waals surface area contributed by atoms with E-state index in [4.69, 9.17) is 5.11 Å². The highest BCUT2D eigenvalue weighted by molar-refractivity contribution is 6.23. The summed E-state index contributed by atoms with van der Waals surface area (Å²) in [6.07, 6.45) is 0. The summed E-state index contributed by atoms with van der Waals surface area (Å²) in [5, 5.41) is 18.3. The van der Waals surface area contributed by atoms with E-state index >= 15 is 0 Å². The molecule has 0 atom stereocenters. The molecule has 0 aliphatic heterocycles. The number of allylic oxidation sites excluding steroid dienone is 2. The van der Waals surface area contributed by atoms with Gasteiger partial charge in [-0.3, -0.25) is 9.59 Å².